The monoisotopic (exact) mass is 276 g/mol. The van der Waals surface area contributed by atoms with Crippen LogP contribution in [0.2, 0.25) is 5.02 Å². The minimum atomic E-state index is -0.268. The van der Waals surface area contributed by atoms with Gasteiger partial charge in [0.05, 0.1) is 10.6 Å². The number of nitrogens with one attached hydrogen (secondary N) is 1. The summed E-state index contributed by atoms with van der Waals surface area (Å²) in [6, 6.07) is 7.12. The van der Waals surface area contributed by atoms with E-state index in [9.17, 15) is 4.79 Å². The minimum absolute atomic E-state index is 0.263. The van der Waals surface area contributed by atoms with Gasteiger partial charge in [-0.25, -0.2) is 4.98 Å². The molecule has 2 aromatic rings. The molecule has 0 aromatic carbocycles. The van der Waals surface area contributed by atoms with E-state index < -0.39 is 0 Å². The van der Waals surface area contributed by atoms with Gasteiger partial charge in [-0.15, -0.1) is 0 Å². The van der Waals surface area contributed by atoms with E-state index in [0.29, 0.717) is 18.5 Å². The number of hydrogen-bond acceptors (Lipinski definition) is 4. The third-order valence-corrected chi connectivity index (χ3v) is 2.82. The second kappa shape index (κ2) is 6.15. The molecule has 1 amide bonds. The Kier molecular flexibility index (Phi) is 4.30. The van der Waals surface area contributed by atoms with Gasteiger partial charge < -0.3 is 11.1 Å². The molecule has 0 unspecified atom stereocenters. The molecule has 2 aromatic heterocycles. The van der Waals surface area contributed by atoms with Crippen LogP contribution in [0.5, 0.6) is 0 Å². The fraction of sp³-hybridized carbons (Fsp3) is 0.154. The summed E-state index contributed by atoms with van der Waals surface area (Å²) >= 11 is 5.90. The first-order valence-corrected chi connectivity index (χ1v) is 6.14. The number of carbonyl (C=O) groups excluding carboxylic acids is 1. The number of hydrogen-bond donors (Lipinski definition) is 2. The number of halogens is 1. The minimum Gasteiger partial charge on any atom is -0.384 e. The zero-order chi connectivity index (χ0) is 13.7. The van der Waals surface area contributed by atoms with Gasteiger partial charge in [-0.1, -0.05) is 17.7 Å². The third-order valence-electron chi connectivity index (χ3n) is 2.51. The average Bonchev–Trinajstić information content (AvgIpc) is 2.42. The molecular weight excluding hydrogens is 264 g/mol. The lowest BCUT2D eigenvalue weighted by Gasteiger charge is -2.06. The average molecular weight is 277 g/mol. The predicted molar refractivity (Wildman–Crippen MR) is 73.9 cm³/mol. The van der Waals surface area contributed by atoms with Crippen molar-refractivity contribution in [2.45, 2.75) is 6.42 Å². The molecule has 0 spiro atoms. The number of aromatic nitrogens is 2. The quantitative estimate of drug-likeness (QED) is 0.890. The zero-order valence-corrected chi connectivity index (χ0v) is 10.9. The highest BCUT2D eigenvalue weighted by atomic mass is 35.5. The highest BCUT2D eigenvalue weighted by Crippen LogP contribution is 2.16. The lowest BCUT2D eigenvalue weighted by Crippen LogP contribution is -2.26. The summed E-state index contributed by atoms with van der Waals surface area (Å²) in [5.41, 5.74) is 6.77. The molecular formula is C13H13ClN4O. The summed E-state index contributed by atoms with van der Waals surface area (Å²) in [6.07, 6.45) is 3.74. The summed E-state index contributed by atoms with van der Waals surface area (Å²) in [5.74, 6) is -0.00527. The van der Waals surface area contributed by atoms with E-state index in [1.54, 1.807) is 6.20 Å². The van der Waals surface area contributed by atoms with Crippen LogP contribution in [0.15, 0.2) is 36.7 Å². The molecule has 0 radical (unpaired) electrons. The molecule has 6 heteroatoms. The van der Waals surface area contributed by atoms with Crippen LogP contribution in [0.25, 0.3) is 0 Å². The van der Waals surface area contributed by atoms with Gasteiger partial charge in [0.25, 0.3) is 5.91 Å². The van der Waals surface area contributed by atoms with Gasteiger partial charge >= 0.3 is 0 Å². The van der Waals surface area contributed by atoms with Crippen LogP contribution >= 0.6 is 11.6 Å². The van der Waals surface area contributed by atoms with Gasteiger partial charge in [0.15, 0.2) is 0 Å². The second-order valence-electron chi connectivity index (χ2n) is 3.92. The zero-order valence-electron chi connectivity index (χ0n) is 10.1. The van der Waals surface area contributed by atoms with Crippen LogP contribution < -0.4 is 11.1 Å². The smallest absolute Gasteiger partial charge is 0.253 e. The van der Waals surface area contributed by atoms with Crippen LogP contribution in [0, 0.1) is 0 Å². The molecule has 0 fully saturated rings. The summed E-state index contributed by atoms with van der Waals surface area (Å²) in [4.78, 5) is 19.9. The third kappa shape index (κ3) is 3.66. The Morgan fingerprint density at radius 2 is 2.21 bits per heavy atom. The van der Waals surface area contributed by atoms with Gasteiger partial charge in [-0.3, -0.25) is 9.78 Å². The maximum atomic E-state index is 11.9. The fourth-order valence-corrected chi connectivity index (χ4v) is 1.76. The standard InChI is InChI=1S/C13H13ClN4O/c14-11-8-18-12(15)7-10(11)13(19)17-6-4-9-3-1-2-5-16-9/h1-3,5,7-8H,4,6H2,(H2,15,18)(H,17,19). The maximum absolute atomic E-state index is 11.9. The number of nitrogens with two attached hydrogens (primary N) is 1. The van der Waals surface area contributed by atoms with E-state index in [0.717, 1.165) is 5.69 Å². The van der Waals surface area contributed by atoms with Crippen molar-refractivity contribution >= 4 is 23.3 Å². The van der Waals surface area contributed by atoms with E-state index in [4.69, 9.17) is 17.3 Å². The molecule has 0 bridgehead atoms. The number of amides is 1. The molecule has 2 heterocycles. The Morgan fingerprint density at radius 1 is 1.37 bits per heavy atom. The summed E-state index contributed by atoms with van der Waals surface area (Å²) in [7, 11) is 0. The van der Waals surface area contributed by atoms with Gasteiger partial charge in [0.2, 0.25) is 0 Å². The number of nitrogen functional groups attached to an aromatic ring is 1. The fourth-order valence-electron chi connectivity index (χ4n) is 1.57. The molecule has 0 aliphatic rings. The molecule has 0 atom stereocenters. The van der Waals surface area contributed by atoms with Gasteiger partial charge in [-0.2, -0.15) is 0 Å². The number of nitrogens with zero attached hydrogens (tertiary/aromatic N) is 2. The van der Waals surface area contributed by atoms with Crippen molar-refractivity contribution in [3.05, 3.63) is 52.9 Å². The van der Waals surface area contributed by atoms with Gasteiger partial charge in [-0.05, 0) is 18.2 Å². The van der Waals surface area contributed by atoms with Crippen molar-refractivity contribution in [3.8, 4) is 0 Å². The van der Waals surface area contributed by atoms with Gasteiger partial charge in [0.1, 0.15) is 5.82 Å². The van der Waals surface area contributed by atoms with Crippen LogP contribution in [-0.4, -0.2) is 22.4 Å². The number of rotatable bonds is 4. The van der Waals surface area contributed by atoms with E-state index in [2.05, 4.69) is 15.3 Å². The molecule has 0 aliphatic heterocycles. The van der Waals surface area contributed by atoms with Crippen molar-refractivity contribution in [2.24, 2.45) is 0 Å². The highest BCUT2D eigenvalue weighted by Gasteiger charge is 2.10. The van der Waals surface area contributed by atoms with Crippen molar-refractivity contribution in [3.63, 3.8) is 0 Å². The molecule has 0 saturated carbocycles. The molecule has 19 heavy (non-hydrogen) atoms. The molecule has 3 N–H and O–H groups in total. The Bertz CT molecular complexity index is 574. The number of anilines is 1. The summed E-state index contributed by atoms with van der Waals surface area (Å²) in [5, 5.41) is 3.05. The normalized spacial score (nSPS) is 10.2. The maximum Gasteiger partial charge on any atom is 0.253 e. The molecule has 98 valence electrons. The Labute approximate surface area is 115 Å². The lowest BCUT2D eigenvalue weighted by atomic mass is 10.2. The SMILES string of the molecule is Nc1cc(C(=O)NCCc2ccccn2)c(Cl)cn1. The summed E-state index contributed by atoms with van der Waals surface area (Å²) in [6.45, 7) is 0.481. The summed E-state index contributed by atoms with van der Waals surface area (Å²) < 4.78 is 0. The molecule has 0 saturated heterocycles. The highest BCUT2D eigenvalue weighted by molar-refractivity contribution is 6.33. The van der Waals surface area contributed by atoms with Crippen molar-refractivity contribution in [1.82, 2.24) is 15.3 Å². The number of carbonyl (C=O) groups is 1. The molecule has 5 nitrogen and oxygen atoms in total. The molecule has 0 aliphatic carbocycles. The van der Waals surface area contributed by atoms with Crippen molar-refractivity contribution in [2.75, 3.05) is 12.3 Å². The topological polar surface area (TPSA) is 80.9 Å². The first-order chi connectivity index (χ1) is 9.16. The van der Waals surface area contributed by atoms with E-state index >= 15 is 0 Å². The van der Waals surface area contributed by atoms with Crippen LogP contribution in [-0.2, 0) is 6.42 Å². The predicted octanol–water partition coefficient (Wildman–Crippen LogP) is 1.68. The van der Waals surface area contributed by atoms with Crippen LogP contribution in [0.4, 0.5) is 5.82 Å². The van der Waals surface area contributed by atoms with Crippen molar-refractivity contribution in [1.29, 1.82) is 0 Å². The van der Waals surface area contributed by atoms with E-state index in [1.165, 1.54) is 12.3 Å². The lowest BCUT2D eigenvalue weighted by molar-refractivity contribution is 0.0954. The van der Waals surface area contributed by atoms with E-state index in [1.807, 2.05) is 18.2 Å². The van der Waals surface area contributed by atoms with Crippen LogP contribution in [0.1, 0.15) is 16.1 Å². The van der Waals surface area contributed by atoms with Gasteiger partial charge in [0, 0.05) is 31.1 Å². The first kappa shape index (κ1) is 13.3. The van der Waals surface area contributed by atoms with E-state index in [-0.39, 0.29) is 16.7 Å². The van der Waals surface area contributed by atoms with Crippen molar-refractivity contribution < 1.29 is 4.79 Å². The Hall–Kier alpha value is -2.14. The largest absolute Gasteiger partial charge is 0.384 e. The second-order valence-corrected chi connectivity index (χ2v) is 4.32. The van der Waals surface area contributed by atoms with Crippen LogP contribution in [0.3, 0.4) is 0 Å². The molecule has 2 rings (SSSR count). The Balaban J connectivity index is 1.93. The number of pyridine rings is 2. The Morgan fingerprint density at radius 3 is 2.95 bits per heavy atom. The first-order valence-electron chi connectivity index (χ1n) is 5.76.